The lowest BCUT2D eigenvalue weighted by Crippen LogP contribution is -2.35. The Hall–Kier alpha value is -4.54. The molecule has 1 aromatic heterocycles. The monoisotopic (exact) mass is 722 g/mol. The average molecular weight is 724 g/mol. The number of amides is 1. The van der Waals surface area contributed by atoms with Crippen LogP contribution in [0.15, 0.2) is 91.0 Å². The fraction of sp³-hybridized carbons (Fsp3) is 0.289. The van der Waals surface area contributed by atoms with Gasteiger partial charge in [-0.2, -0.15) is 13.2 Å². The number of benzene rings is 4. The maximum atomic E-state index is 11.3. The molecule has 0 unspecified atom stereocenters. The summed E-state index contributed by atoms with van der Waals surface area (Å²) in [5, 5.41) is 8.59. The number of anilines is 1. The number of carboxylic acids is 1. The van der Waals surface area contributed by atoms with Crippen LogP contribution in [0.4, 0.5) is 18.9 Å². The minimum absolute atomic E-state index is 0.0473. The van der Waals surface area contributed by atoms with E-state index in [1.807, 2.05) is 36.4 Å². The van der Waals surface area contributed by atoms with Crippen molar-refractivity contribution in [2.24, 2.45) is 5.73 Å². The van der Waals surface area contributed by atoms with Gasteiger partial charge in [-0.25, -0.2) is 9.78 Å². The standard InChI is InChI=1S/C36H34Cl2N4O.C2HF3O2/c37-28-10-5-24(6-11-28)35(25-7-12-29(38)13-8-25)27-9-16-32-33(22-27)42(36(40-32)26-3-4-26)31-17-19-41(20-18-31)30-14-1-23(2-15-30)21-34(39)43;3-2(4,5)1(6)7/h1-2,5-16,22,26,31,35H,3-4,17-21H2,(H2,39,43);(H,6,7). The number of nitrogens with two attached hydrogens (primary N) is 1. The number of nitrogens with zero attached hydrogens (tertiary/aromatic N) is 3. The summed E-state index contributed by atoms with van der Waals surface area (Å²) in [6, 6.07) is 31.8. The second kappa shape index (κ2) is 14.7. The number of carbonyl (C=O) groups excluding carboxylic acids is 1. The average Bonchev–Trinajstić information content (AvgIpc) is 3.87. The molecule has 2 aliphatic rings. The Bertz CT molecular complexity index is 1920. The number of primary amides is 1. The van der Waals surface area contributed by atoms with E-state index in [0.29, 0.717) is 12.0 Å². The summed E-state index contributed by atoms with van der Waals surface area (Å²) >= 11 is 12.6. The molecule has 7 rings (SSSR count). The van der Waals surface area contributed by atoms with Gasteiger partial charge in [0.2, 0.25) is 5.91 Å². The molecule has 0 atom stereocenters. The Morgan fingerprint density at radius 1 is 0.820 bits per heavy atom. The van der Waals surface area contributed by atoms with Crippen molar-refractivity contribution in [3.63, 3.8) is 0 Å². The molecular weight excluding hydrogens is 688 g/mol. The summed E-state index contributed by atoms with van der Waals surface area (Å²) in [6.07, 6.45) is -0.277. The van der Waals surface area contributed by atoms with E-state index in [1.165, 1.54) is 46.6 Å². The van der Waals surface area contributed by atoms with E-state index < -0.39 is 12.1 Å². The van der Waals surface area contributed by atoms with E-state index in [2.05, 4.69) is 64.1 Å². The normalized spacial score (nSPS) is 15.2. The molecule has 1 amide bonds. The van der Waals surface area contributed by atoms with Crippen LogP contribution in [0.3, 0.4) is 0 Å². The quantitative estimate of drug-likeness (QED) is 0.156. The summed E-state index contributed by atoms with van der Waals surface area (Å²) in [4.78, 5) is 27.8. The fourth-order valence-electron chi connectivity index (χ4n) is 6.62. The number of piperidine rings is 1. The van der Waals surface area contributed by atoms with Gasteiger partial charge in [-0.05, 0) is 96.5 Å². The van der Waals surface area contributed by atoms with Crippen LogP contribution in [-0.4, -0.2) is 45.8 Å². The summed E-state index contributed by atoms with van der Waals surface area (Å²) in [7, 11) is 0. The molecule has 5 aromatic rings. The first kappa shape index (κ1) is 35.3. The first-order valence-corrected chi connectivity index (χ1v) is 17.1. The minimum atomic E-state index is -5.08. The Balaban J connectivity index is 0.000000561. The highest BCUT2D eigenvalue weighted by molar-refractivity contribution is 6.30. The van der Waals surface area contributed by atoms with Gasteiger partial charge in [0.1, 0.15) is 5.82 Å². The Morgan fingerprint density at radius 3 is 1.82 bits per heavy atom. The smallest absolute Gasteiger partial charge is 0.475 e. The van der Waals surface area contributed by atoms with Crippen molar-refractivity contribution in [2.45, 2.75) is 56.2 Å². The molecule has 2 fully saturated rings. The lowest BCUT2D eigenvalue weighted by atomic mass is 9.85. The number of rotatable bonds is 8. The topological polar surface area (TPSA) is 101 Å². The van der Waals surface area contributed by atoms with E-state index in [4.69, 9.17) is 43.8 Å². The summed E-state index contributed by atoms with van der Waals surface area (Å²) < 4.78 is 34.3. The maximum absolute atomic E-state index is 11.3. The molecule has 12 heteroatoms. The van der Waals surface area contributed by atoms with E-state index in [-0.39, 0.29) is 18.2 Å². The van der Waals surface area contributed by atoms with Gasteiger partial charge in [0.25, 0.3) is 0 Å². The third kappa shape index (κ3) is 8.25. The van der Waals surface area contributed by atoms with Crippen molar-refractivity contribution in [1.82, 2.24) is 9.55 Å². The van der Waals surface area contributed by atoms with Gasteiger partial charge >= 0.3 is 12.1 Å². The number of carbonyl (C=O) groups is 2. The highest BCUT2D eigenvalue weighted by atomic mass is 35.5. The van der Waals surface area contributed by atoms with Crippen LogP contribution < -0.4 is 10.6 Å². The molecule has 1 saturated heterocycles. The van der Waals surface area contributed by atoms with Crippen LogP contribution in [0.25, 0.3) is 11.0 Å². The van der Waals surface area contributed by atoms with Gasteiger partial charge < -0.3 is 20.3 Å². The van der Waals surface area contributed by atoms with Crippen LogP contribution in [0, 0.1) is 0 Å². The first-order valence-electron chi connectivity index (χ1n) is 16.3. The molecule has 0 bridgehead atoms. The number of alkyl halides is 3. The van der Waals surface area contributed by atoms with E-state index in [9.17, 15) is 18.0 Å². The van der Waals surface area contributed by atoms with Crippen LogP contribution >= 0.6 is 23.2 Å². The molecule has 1 aliphatic carbocycles. The Morgan fingerprint density at radius 2 is 1.34 bits per heavy atom. The second-order valence-corrected chi connectivity index (χ2v) is 13.6. The highest BCUT2D eigenvalue weighted by Crippen LogP contribution is 2.44. The molecule has 50 heavy (non-hydrogen) atoms. The molecule has 4 aromatic carbocycles. The van der Waals surface area contributed by atoms with Gasteiger partial charge in [0, 0.05) is 46.7 Å². The third-order valence-electron chi connectivity index (χ3n) is 9.18. The lowest BCUT2D eigenvalue weighted by molar-refractivity contribution is -0.192. The van der Waals surface area contributed by atoms with Crippen LogP contribution in [0.1, 0.15) is 71.6 Å². The van der Waals surface area contributed by atoms with Gasteiger partial charge in [0.05, 0.1) is 17.5 Å². The molecule has 2 heterocycles. The fourth-order valence-corrected chi connectivity index (χ4v) is 6.87. The maximum Gasteiger partial charge on any atom is 0.490 e. The summed E-state index contributed by atoms with van der Waals surface area (Å²) in [6.45, 7) is 1.95. The van der Waals surface area contributed by atoms with Crippen molar-refractivity contribution in [2.75, 3.05) is 18.0 Å². The molecule has 1 aliphatic heterocycles. The number of halogens is 5. The highest BCUT2D eigenvalue weighted by Gasteiger charge is 2.38. The predicted octanol–water partition coefficient (Wildman–Crippen LogP) is 8.90. The van der Waals surface area contributed by atoms with Crippen LogP contribution in [0.2, 0.25) is 10.0 Å². The zero-order valence-electron chi connectivity index (χ0n) is 26.9. The zero-order chi connectivity index (χ0) is 35.6. The Kier molecular flexibility index (Phi) is 10.4. The van der Waals surface area contributed by atoms with Crippen molar-refractivity contribution < 1.29 is 27.9 Å². The second-order valence-electron chi connectivity index (χ2n) is 12.7. The first-order chi connectivity index (χ1) is 23.9. The number of carboxylic acid groups (broad SMARTS) is 1. The van der Waals surface area contributed by atoms with Crippen molar-refractivity contribution in [3.05, 3.63) is 129 Å². The third-order valence-corrected chi connectivity index (χ3v) is 9.68. The molecule has 0 spiro atoms. The van der Waals surface area contributed by atoms with Gasteiger partial charge in [-0.15, -0.1) is 0 Å². The SMILES string of the molecule is NC(=O)Cc1ccc(N2CCC(n3c(C4CC4)nc4ccc(C(c5ccc(Cl)cc5)c5ccc(Cl)cc5)cc43)CC2)cc1.O=C(O)C(F)(F)F. The number of hydrogen-bond donors (Lipinski definition) is 2. The molecule has 1 saturated carbocycles. The van der Waals surface area contributed by atoms with Crippen molar-refractivity contribution in [1.29, 1.82) is 0 Å². The predicted molar refractivity (Wildman–Crippen MR) is 189 cm³/mol. The number of aromatic nitrogens is 2. The van der Waals surface area contributed by atoms with Crippen molar-refractivity contribution in [3.8, 4) is 0 Å². The molecule has 260 valence electrons. The minimum Gasteiger partial charge on any atom is -0.475 e. The van der Waals surface area contributed by atoms with E-state index in [1.54, 1.807) is 0 Å². The van der Waals surface area contributed by atoms with Gasteiger partial charge in [-0.1, -0.05) is 65.7 Å². The molecule has 0 radical (unpaired) electrons. The van der Waals surface area contributed by atoms with Gasteiger partial charge in [0.15, 0.2) is 0 Å². The van der Waals surface area contributed by atoms with Gasteiger partial charge in [-0.3, -0.25) is 4.79 Å². The molecule has 7 nitrogen and oxygen atoms in total. The van der Waals surface area contributed by atoms with E-state index in [0.717, 1.165) is 47.1 Å². The lowest BCUT2D eigenvalue weighted by Gasteiger charge is -2.35. The largest absolute Gasteiger partial charge is 0.490 e. The number of hydrogen-bond acceptors (Lipinski definition) is 4. The molecular formula is C38H35Cl2F3N4O3. The van der Waals surface area contributed by atoms with Crippen LogP contribution in [-0.2, 0) is 16.0 Å². The Labute approximate surface area is 297 Å². The number of imidazole rings is 1. The summed E-state index contributed by atoms with van der Waals surface area (Å²) in [5.41, 5.74) is 13.4. The van der Waals surface area contributed by atoms with Crippen molar-refractivity contribution >= 4 is 51.8 Å². The number of aliphatic carboxylic acids is 1. The van der Waals surface area contributed by atoms with E-state index >= 15 is 0 Å². The summed E-state index contributed by atoms with van der Waals surface area (Å²) in [5.74, 6) is -1.21. The van der Waals surface area contributed by atoms with Crippen LogP contribution in [0.5, 0.6) is 0 Å². The number of fused-ring (bicyclic) bond motifs is 1. The molecule has 3 N–H and O–H groups in total. The zero-order valence-corrected chi connectivity index (χ0v) is 28.4.